The lowest BCUT2D eigenvalue weighted by Crippen LogP contribution is -2.24. The molecular weight excluding hydrogens is 284 g/mol. The van der Waals surface area contributed by atoms with Gasteiger partial charge >= 0.3 is 0 Å². The molecule has 0 aromatic heterocycles. The van der Waals surface area contributed by atoms with E-state index in [0.717, 1.165) is 18.5 Å². The van der Waals surface area contributed by atoms with E-state index < -0.39 is 0 Å². The predicted molar refractivity (Wildman–Crippen MR) is 91.8 cm³/mol. The number of fused-ring (bicyclic) bond motifs is 7. The van der Waals surface area contributed by atoms with Crippen molar-refractivity contribution in [3.8, 4) is 0 Å². The van der Waals surface area contributed by atoms with E-state index in [1.165, 1.54) is 22.3 Å². The Morgan fingerprint density at radius 2 is 1.91 bits per heavy atom. The van der Waals surface area contributed by atoms with Crippen molar-refractivity contribution in [3.63, 3.8) is 0 Å². The summed E-state index contributed by atoms with van der Waals surface area (Å²) in [6.45, 7) is 1.37. The molecule has 2 aliphatic rings. The van der Waals surface area contributed by atoms with E-state index in [4.69, 9.17) is 0 Å². The highest BCUT2D eigenvalue weighted by atomic mass is 16.1. The average molecular weight is 306 g/mol. The summed E-state index contributed by atoms with van der Waals surface area (Å²) < 4.78 is 0. The molecule has 3 heteroatoms. The second-order valence-corrected chi connectivity index (χ2v) is 6.89. The zero-order chi connectivity index (χ0) is 16.0. The third kappa shape index (κ3) is 2.41. The normalized spacial score (nSPS) is 21.7. The van der Waals surface area contributed by atoms with Crippen LogP contribution in [0, 0.1) is 0 Å². The van der Waals surface area contributed by atoms with Gasteiger partial charge in [0, 0.05) is 24.1 Å². The molecule has 0 amide bonds. The fourth-order valence-electron chi connectivity index (χ4n) is 4.12. The number of ketones is 1. The van der Waals surface area contributed by atoms with Gasteiger partial charge < -0.3 is 10.2 Å². The average Bonchev–Trinajstić information content (AvgIpc) is 2.79. The molecule has 0 saturated carbocycles. The molecule has 1 N–H and O–H groups in total. The highest BCUT2D eigenvalue weighted by Crippen LogP contribution is 2.48. The third-order valence-electron chi connectivity index (χ3n) is 5.06. The van der Waals surface area contributed by atoms with Crippen LogP contribution in [0.5, 0.6) is 0 Å². The molecule has 1 aliphatic carbocycles. The van der Waals surface area contributed by atoms with Crippen LogP contribution in [-0.4, -0.2) is 31.3 Å². The summed E-state index contributed by atoms with van der Waals surface area (Å²) in [5.74, 6) is 0.555. The summed E-state index contributed by atoms with van der Waals surface area (Å²) in [5, 5.41) is 3.67. The summed E-state index contributed by atoms with van der Waals surface area (Å²) >= 11 is 0. The summed E-state index contributed by atoms with van der Waals surface area (Å²) in [7, 11) is 3.89. The van der Waals surface area contributed by atoms with Crippen LogP contribution in [0.15, 0.2) is 42.5 Å². The van der Waals surface area contributed by atoms with Crippen molar-refractivity contribution in [2.75, 3.05) is 20.6 Å². The molecule has 0 saturated heterocycles. The zero-order valence-corrected chi connectivity index (χ0v) is 13.7. The Morgan fingerprint density at radius 3 is 2.74 bits per heavy atom. The molecule has 2 aromatic carbocycles. The van der Waals surface area contributed by atoms with Crippen molar-refractivity contribution in [1.82, 2.24) is 10.2 Å². The summed E-state index contributed by atoms with van der Waals surface area (Å²) in [6, 6.07) is 15.2. The molecule has 0 fully saturated rings. The number of likely N-dealkylation sites (N-methyl/N-ethyl adjacent to an activating group) is 1. The Kier molecular flexibility index (Phi) is 3.55. The number of nitrogens with one attached hydrogen (secondary N) is 1. The van der Waals surface area contributed by atoms with Gasteiger partial charge in [-0.3, -0.25) is 4.79 Å². The Morgan fingerprint density at radius 1 is 1.13 bits per heavy atom. The van der Waals surface area contributed by atoms with Crippen LogP contribution in [0.4, 0.5) is 0 Å². The van der Waals surface area contributed by atoms with Gasteiger partial charge in [-0.1, -0.05) is 42.5 Å². The molecule has 2 bridgehead atoms. The standard InChI is InChI=1S/C20H22N2O/c1-22(2)12-19(23)16-9-5-8-15-18-10-17(20(15)16)14-7-4-3-6-13(14)11-21-18/h3-9,17-18,21H,10-12H2,1-2H3. The lowest BCUT2D eigenvalue weighted by Gasteiger charge is -2.21. The molecule has 2 unspecified atom stereocenters. The van der Waals surface area contributed by atoms with Crippen molar-refractivity contribution in [1.29, 1.82) is 0 Å². The first-order valence-electron chi connectivity index (χ1n) is 8.27. The van der Waals surface area contributed by atoms with Gasteiger partial charge in [0.05, 0.1) is 6.54 Å². The first-order valence-corrected chi connectivity index (χ1v) is 8.27. The first kappa shape index (κ1) is 14.6. The molecule has 1 heterocycles. The Labute approximate surface area is 137 Å². The van der Waals surface area contributed by atoms with Crippen LogP contribution >= 0.6 is 0 Å². The highest BCUT2D eigenvalue weighted by molar-refractivity contribution is 5.99. The van der Waals surface area contributed by atoms with Crippen molar-refractivity contribution >= 4 is 5.78 Å². The maximum absolute atomic E-state index is 12.7. The van der Waals surface area contributed by atoms with Gasteiger partial charge in [0.25, 0.3) is 0 Å². The number of benzene rings is 2. The fraction of sp³-hybridized carbons (Fsp3) is 0.350. The SMILES string of the molecule is CN(C)CC(=O)c1cccc2c1C1CC2NCc2ccccc21. The number of carbonyl (C=O) groups excluding carboxylic acids is 1. The van der Waals surface area contributed by atoms with Gasteiger partial charge in [0.2, 0.25) is 0 Å². The van der Waals surface area contributed by atoms with Gasteiger partial charge in [0.1, 0.15) is 0 Å². The van der Waals surface area contributed by atoms with E-state index >= 15 is 0 Å². The van der Waals surface area contributed by atoms with Crippen LogP contribution in [-0.2, 0) is 6.54 Å². The Hall–Kier alpha value is -1.97. The number of Topliss-reactive ketones (excluding diaryl/α,β-unsaturated/α-hetero) is 1. The van der Waals surface area contributed by atoms with Crippen molar-refractivity contribution < 1.29 is 4.79 Å². The van der Waals surface area contributed by atoms with Gasteiger partial charge in [-0.05, 0) is 42.8 Å². The molecule has 3 nitrogen and oxygen atoms in total. The summed E-state index contributed by atoms with van der Waals surface area (Å²) in [6.07, 6.45) is 1.05. The maximum Gasteiger partial charge on any atom is 0.177 e. The van der Waals surface area contributed by atoms with Crippen molar-refractivity contribution in [3.05, 3.63) is 70.3 Å². The Bertz CT molecular complexity index is 766. The molecule has 2 aromatic rings. The lowest BCUT2D eigenvalue weighted by molar-refractivity contribution is 0.0956. The predicted octanol–water partition coefficient (Wildman–Crippen LogP) is 3.11. The zero-order valence-electron chi connectivity index (χ0n) is 13.7. The van der Waals surface area contributed by atoms with Crippen molar-refractivity contribution in [2.24, 2.45) is 0 Å². The highest BCUT2D eigenvalue weighted by Gasteiger charge is 2.37. The third-order valence-corrected chi connectivity index (χ3v) is 5.06. The monoisotopic (exact) mass is 306 g/mol. The van der Waals surface area contributed by atoms with Crippen LogP contribution in [0.1, 0.15) is 51.0 Å². The Balaban J connectivity index is 1.85. The molecule has 0 spiro atoms. The van der Waals surface area contributed by atoms with Gasteiger partial charge in [0.15, 0.2) is 5.78 Å². The fourth-order valence-corrected chi connectivity index (χ4v) is 4.12. The number of rotatable bonds is 3. The number of hydrogen-bond donors (Lipinski definition) is 1. The minimum Gasteiger partial charge on any atom is -0.306 e. The molecule has 118 valence electrons. The minimum absolute atomic E-state index is 0.218. The molecule has 0 radical (unpaired) electrons. The van der Waals surface area contributed by atoms with E-state index in [1.54, 1.807) is 0 Å². The largest absolute Gasteiger partial charge is 0.306 e. The number of hydrogen-bond acceptors (Lipinski definition) is 3. The van der Waals surface area contributed by atoms with Crippen LogP contribution < -0.4 is 5.32 Å². The summed E-state index contributed by atoms with van der Waals surface area (Å²) in [5.41, 5.74) is 6.21. The van der Waals surface area contributed by atoms with Crippen LogP contribution in [0.25, 0.3) is 0 Å². The minimum atomic E-state index is 0.218. The van der Waals surface area contributed by atoms with Gasteiger partial charge in [-0.15, -0.1) is 0 Å². The molecule has 1 aliphatic heterocycles. The number of nitrogens with zero attached hydrogens (tertiary/aromatic N) is 1. The molecule has 4 rings (SSSR count). The molecular formula is C20H22N2O. The lowest BCUT2D eigenvalue weighted by atomic mass is 9.86. The van der Waals surface area contributed by atoms with E-state index in [-0.39, 0.29) is 5.78 Å². The van der Waals surface area contributed by atoms with Gasteiger partial charge in [-0.2, -0.15) is 0 Å². The second-order valence-electron chi connectivity index (χ2n) is 6.89. The van der Waals surface area contributed by atoms with Crippen molar-refractivity contribution in [2.45, 2.75) is 24.9 Å². The van der Waals surface area contributed by atoms with E-state index in [0.29, 0.717) is 18.5 Å². The second kappa shape index (κ2) is 5.59. The van der Waals surface area contributed by atoms with Crippen LogP contribution in [0.2, 0.25) is 0 Å². The molecule has 23 heavy (non-hydrogen) atoms. The smallest absolute Gasteiger partial charge is 0.177 e. The molecule has 2 atom stereocenters. The topological polar surface area (TPSA) is 32.3 Å². The van der Waals surface area contributed by atoms with E-state index in [9.17, 15) is 4.79 Å². The van der Waals surface area contributed by atoms with Crippen LogP contribution in [0.3, 0.4) is 0 Å². The van der Waals surface area contributed by atoms with E-state index in [1.807, 2.05) is 31.1 Å². The summed E-state index contributed by atoms with van der Waals surface area (Å²) in [4.78, 5) is 14.7. The number of carbonyl (C=O) groups is 1. The van der Waals surface area contributed by atoms with E-state index in [2.05, 4.69) is 35.6 Å². The quantitative estimate of drug-likeness (QED) is 0.884. The van der Waals surface area contributed by atoms with Gasteiger partial charge in [-0.25, -0.2) is 0 Å². The first-order chi connectivity index (χ1) is 11.1. The maximum atomic E-state index is 12.7.